The maximum absolute atomic E-state index is 12.3. The lowest BCUT2D eigenvalue weighted by molar-refractivity contribution is 0.133. The molecule has 1 unspecified atom stereocenters. The minimum absolute atomic E-state index is 0.272. The first-order valence-electron chi connectivity index (χ1n) is 6.31. The average Bonchev–Trinajstić information content (AvgIpc) is 2.35. The molecule has 0 aliphatic heterocycles. The van der Waals surface area contributed by atoms with Crippen LogP contribution >= 0.6 is 0 Å². The summed E-state index contributed by atoms with van der Waals surface area (Å²) in [4.78, 5) is 0.277. The Labute approximate surface area is 115 Å². The summed E-state index contributed by atoms with van der Waals surface area (Å²) in [5.74, 6) is 0. The first-order valence-corrected chi connectivity index (χ1v) is 7.79. The quantitative estimate of drug-likeness (QED) is 0.788. The molecule has 1 aromatic carbocycles. The molecule has 0 saturated heterocycles. The van der Waals surface area contributed by atoms with E-state index >= 15 is 0 Å². The second-order valence-electron chi connectivity index (χ2n) is 4.43. The van der Waals surface area contributed by atoms with Crippen LogP contribution in [-0.2, 0) is 21.3 Å². The van der Waals surface area contributed by atoms with Gasteiger partial charge in [-0.05, 0) is 38.0 Å². The topological polar surface area (TPSA) is 81.4 Å². The maximum atomic E-state index is 12.3. The van der Waals surface area contributed by atoms with Gasteiger partial charge in [-0.15, -0.1) is 0 Å². The van der Waals surface area contributed by atoms with E-state index in [1.807, 2.05) is 13.0 Å². The van der Waals surface area contributed by atoms with Crippen molar-refractivity contribution in [3.8, 4) is 0 Å². The Hall–Kier alpha value is -0.950. The van der Waals surface area contributed by atoms with Crippen molar-refractivity contribution in [2.45, 2.75) is 38.3 Å². The molecule has 0 radical (unpaired) electrons. The van der Waals surface area contributed by atoms with Gasteiger partial charge in [0.05, 0.1) is 11.5 Å². The van der Waals surface area contributed by atoms with Crippen molar-refractivity contribution in [2.75, 3.05) is 13.2 Å². The fraction of sp³-hybridized carbons (Fsp3) is 0.538. The van der Waals surface area contributed by atoms with Crippen molar-refractivity contribution >= 4 is 10.0 Å². The van der Waals surface area contributed by atoms with Crippen LogP contribution in [-0.4, -0.2) is 27.7 Å². The number of sulfonamides is 1. The molecule has 0 fully saturated rings. The maximum Gasteiger partial charge on any atom is 0.241 e. The Morgan fingerprint density at radius 3 is 2.68 bits per heavy atom. The highest BCUT2D eigenvalue weighted by molar-refractivity contribution is 7.89. The van der Waals surface area contributed by atoms with E-state index in [4.69, 9.17) is 10.5 Å². The summed E-state index contributed by atoms with van der Waals surface area (Å²) in [5.41, 5.74) is 7.12. The molecular weight excluding hydrogens is 264 g/mol. The highest BCUT2D eigenvalue weighted by Gasteiger charge is 2.20. The molecule has 0 aromatic heterocycles. The lowest BCUT2D eigenvalue weighted by Crippen LogP contribution is -2.36. The number of rotatable bonds is 7. The fourth-order valence-corrected chi connectivity index (χ4v) is 3.35. The largest absolute Gasteiger partial charge is 0.380 e. The molecule has 0 aliphatic carbocycles. The normalized spacial score (nSPS) is 13.5. The fourth-order valence-electron chi connectivity index (χ4n) is 1.83. The molecule has 1 rings (SSSR count). The van der Waals surface area contributed by atoms with Gasteiger partial charge in [0, 0.05) is 19.2 Å². The Morgan fingerprint density at radius 1 is 1.42 bits per heavy atom. The first kappa shape index (κ1) is 16.1. The lowest BCUT2D eigenvalue weighted by atomic mass is 10.1. The molecule has 0 spiro atoms. The van der Waals surface area contributed by atoms with Crippen LogP contribution in [0.25, 0.3) is 0 Å². The molecule has 19 heavy (non-hydrogen) atoms. The SMILES string of the molecule is CCOCC(C)NS(=O)(=O)c1cccc(CN)c1C. The third-order valence-corrected chi connectivity index (χ3v) is 4.57. The van der Waals surface area contributed by atoms with Crippen LogP contribution in [0.3, 0.4) is 0 Å². The predicted molar refractivity (Wildman–Crippen MR) is 75.3 cm³/mol. The van der Waals surface area contributed by atoms with Gasteiger partial charge in [0.15, 0.2) is 0 Å². The molecule has 1 aromatic rings. The number of hydrogen-bond donors (Lipinski definition) is 2. The van der Waals surface area contributed by atoms with Gasteiger partial charge >= 0.3 is 0 Å². The number of nitrogens with two attached hydrogens (primary N) is 1. The van der Waals surface area contributed by atoms with Gasteiger partial charge in [-0.2, -0.15) is 0 Å². The van der Waals surface area contributed by atoms with E-state index in [2.05, 4.69) is 4.72 Å². The summed E-state index contributed by atoms with van der Waals surface area (Å²) in [6.45, 7) is 6.65. The number of benzene rings is 1. The molecule has 1 atom stereocenters. The smallest absolute Gasteiger partial charge is 0.241 e. The van der Waals surface area contributed by atoms with Crippen LogP contribution in [0, 0.1) is 6.92 Å². The third kappa shape index (κ3) is 4.28. The van der Waals surface area contributed by atoms with Gasteiger partial charge in [-0.3, -0.25) is 0 Å². The van der Waals surface area contributed by atoms with E-state index in [0.29, 0.717) is 25.3 Å². The summed E-state index contributed by atoms with van der Waals surface area (Å²) >= 11 is 0. The van der Waals surface area contributed by atoms with E-state index < -0.39 is 10.0 Å². The zero-order valence-corrected chi connectivity index (χ0v) is 12.5. The molecule has 108 valence electrons. The second kappa shape index (κ2) is 7.00. The summed E-state index contributed by atoms with van der Waals surface area (Å²) in [7, 11) is -3.54. The lowest BCUT2D eigenvalue weighted by Gasteiger charge is -2.16. The molecule has 0 aliphatic rings. The number of hydrogen-bond acceptors (Lipinski definition) is 4. The van der Waals surface area contributed by atoms with Crippen molar-refractivity contribution in [3.05, 3.63) is 29.3 Å². The first-order chi connectivity index (χ1) is 8.92. The molecule has 0 heterocycles. The minimum atomic E-state index is -3.54. The molecule has 5 nitrogen and oxygen atoms in total. The number of ether oxygens (including phenoxy) is 1. The van der Waals surface area contributed by atoms with Gasteiger partial charge in [-0.1, -0.05) is 12.1 Å². The van der Waals surface area contributed by atoms with E-state index in [-0.39, 0.29) is 10.9 Å². The van der Waals surface area contributed by atoms with Gasteiger partial charge in [0.2, 0.25) is 10.0 Å². The van der Waals surface area contributed by atoms with E-state index in [9.17, 15) is 8.42 Å². The van der Waals surface area contributed by atoms with E-state index in [0.717, 1.165) is 5.56 Å². The summed E-state index contributed by atoms with van der Waals surface area (Å²) in [6, 6.07) is 4.85. The highest BCUT2D eigenvalue weighted by atomic mass is 32.2. The predicted octanol–water partition coefficient (Wildman–Crippen LogP) is 1.16. The Bertz CT molecular complexity index is 515. The van der Waals surface area contributed by atoms with Crippen LogP contribution in [0.15, 0.2) is 23.1 Å². The summed E-state index contributed by atoms with van der Waals surface area (Å²) in [6.07, 6.45) is 0. The van der Waals surface area contributed by atoms with E-state index in [1.54, 1.807) is 26.0 Å². The van der Waals surface area contributed by atoms with Crippen molar-refractivity contribution in [3.63, 3.8) is 0 Å². The van der Waals surface area contributed by atoms with E-state index in [1.165, 1.54) is 0 Å². The minimum Gasteiger partial charge on any atom is -0.380 e. The molecule has 6 heteroatoms. The van der Waals surface area contributed by atoms with Crippen molar-refractivity contribution in [1.82, 2.24) is 4.72 Å². The highest BCUT2D eigenvalue weighted by Crippen LogP contribution is 2.18. The number of nitrogens with one attached hydrogen (secondary N) is 1. The van der Waals surface area contributed by atoms with Gasteiger partial charge in [0.1, 0.15) is 0 Å². The van der Waals surface area contributed by atoms with Crippen LogP contribution in [0.5, 0.6) is 0 Å². The monoisotopic (exact) mass is 286 g/mol. The molecular formula is C13H22N2O3S. The van der Waals surface area contributed by atoms with Crippen LogP contribution in [0.1, 0.15) is 25.0 Å². The molecule has 3 N–H and O–H groups in total. The van der Waals surface area contributed by atoms with Crippen molar-refractivity contribution < 1.29 is 13.2 Å². The summed E-state index contributed by atoms with van der Waals surface area (Å²) in [5, 5.41) is 0. The van der Waals surface area contributed by atoms with Crippen molar-refractivity contribution in [2.24, 2.45) is 5.73 Å². The van der Waals surface area contributed by atoms with Crippen molar-refractivity contribution in [1.29, 1.82) is 0 Å². The van der Waals surface area contributed by atoms with Crippen LogP contribution in [0.2, 0.25) is 0 Å². The standard InChI is InChI=1S/C13H22N2O3S/c1-4-18-9-10(2)15-19(16,17)13-7-5-6-12(8-14)11(13)3/h5-7,10,15H,4,8-9,14H2,1-3H3. The van der Waals surface area contributed by atoms with Gasteiger partial charge in [-0.25, -0.2) is 13.1 Å². The second-order valence-corrected chi connectivity index (χ2v) is 6.11. The van der Waals surface area contributed by atoms with Gasteiger partial charge in [0.25, 0.3) is 0 Å². The third-order valence-electron chi connectivity index (χ3n) is 2.83. The zero-order valence-electron chi connectivity index (χ0n) is 11.6. The summed E-state index contributed by atoms with van der Waals surface area (Å²) < 4.78 is 32.4. The van der Waals surface area contributed by atoms with Crippen LogP contribution < -0.4 is 10.5 Å². The Morgan fingerprint density at radius 2 is 2.11 bits per heavy atom. The van der Waals surface area contributed by atoms with Crippen LogP contribution in [0.4, 0.5) is 0 Å². The molecule has 0 bridgehead atoms. The van der Waals surface area contributed by atoms with Gasteiger partial charge < -0.3 is 10.5 Å². The zero-order chi connectivity index (χ0) is 14.5. The molecule has 0 amide bonds. The Balaban J connectivity index is 2.94. The molecule has 0 saturated carbocycles. The Kier molecular flexibility index (Phi) is 5.93. The average molecular weight is 286 g/mol.